The van der Waals surface area contributed by atoms with Crippen LogP contribution in [-0.4, -0.2) is 56.7 Å². The zero-order valence-corrected chi connectivity index (χ0v) is 14.1. The Balaban J connectivity index is 1.56. The van der Waals surface area contributed by atoms with Crippen LogP contribution in [0, 0.1) is 0 Å². The first-order chi connectivity index (χ1) is 10.6. The maximum atomic E-state index is 12.1. The number of sulfonamides is 1. The SMILES string of the molecule is O=C(CCCCS(=O)(=O)N1CCCCC1)NCC1CCCO1. The van der Waals surface area contributed by atoms with Crippen LogP contribution in [0.1, 0.15) is 51.4 Å². The number of hydrogen-bond acceptors (Lipinski definition) is 4. The molecule has 2 saturated heterocycles. The maximum Gasteiger partial charge on any atom is 0.220 e. The Labute approximate surface area is 133 Å². The highest BCUT2D eigenvalue weighted by molar-refractivity contribution is 7.89. The van der Waals surface area contributed by atoms with Gasteiger partial charge in [0.1, 0.15) is 0 Å². The summed E-state index contributed by atoms with van der Waals surface area (Å²) in [5.41, 5.74) is 0. The molecule has 22 heavy (non-hydrogen) atoms. The summed E-state index contributed by atoms with van der Waals surface area (Å²) >= 11 is 0. The number of carbonyl (C=O) groups is 1. The van der Waals surface area contributed by atoms with Gasteiger partial charge in [0.2, 0.25) is 15.9 Å². The number of hydrogen-bond donors (Lipinski definition) is 1. The molecule has 0 aromatic heterocycles. The molecule has 0 radical (unpaired) electrons. The molecule has 1 N–H and O–H groups in total. The monoisotopic (exact) mass is 332 g/mol. The van der Waals surface area contributed by atoms with E-state index in [9.17, 15) is 13.2 Å². The fourth-order valence-electron chi connectivity index (χ4n) is 2.96. The lowest BCUT2D eigenvalue weighted by molar-refractivity contribution is -0.121. The molecule has 0 bridgehead atoms. The average molecular weight is 332 g/mol. The quantitative estimate of drug-likeness (QED) is 0.679. The number of piperidine rings is 1. The molecule has 0 aliphatic carbocycles. The van der Waals surface area contributed by atoms with Crippen LogP contribution in [0.15, 0.2) is 0 Å². The van der Waals surface area contributed by atoms with Crippen LogP contribution in [0.25, 0.3) is 0 Å². The van der Waals surface area contributed by atoms with Crippen LogP contribution in [0.2, 0.25) is 0 Å². The van der Waals surface area contributed by atoms with Crippen molar-refractivity contribution in [2.24, 2.45) is 0 Å². The van der Waals surface area contributed by atoms with Crippen LogP contribution < -0.4 is 5.32 Å². The number of nitrogens with one attached hydrogen (secondary N) is 1. The van der Waals surface area contributed by atoms with Crippen molar-refractivity contribution in [1.29, 1.82) is 0 Å². The van der Waals surface area contributed by atoms with Crippen molar-refractivity contribution >= 4 is 15.9 Å². The van der Waals surface area contributed by atoms with Gasteiger partial charge in [-0.05, 0) is 38.5 Å². The molecule has 0 aromatic rings. The molecule has 0 spiro atoms. The van der Waals surface area contributed by atoms with Crippen molar-refractivity contribution in [2.45, 2.75) is 57.5 Å². The van der Waals surface area contributed by atoms with Crippen molar-refractivity contribution in [3.63, 3.8) is 0 Å². The average Bonchev–Trinajstić information content (AvgIpc) is 3.04. The summed E-state index contributed by atoms with van der Waals surface area (Å²) in [5, 5.41) is 2.86. The predicted octanol–water partition coefficient (Wildman–Crippen LogP) is 1.27. The normalized spacial score (nSPS) is 23.5. The molecule has 1 atom stereocenters. The van der Waals surface area contributed by atoms with E-state index in [1.54, 1.807) is 4.31 Å². The molecule has 128 valence electrons. The number of ether oxygens (including phenoxy) is 1. The zero-order valence-electron chi connectivity index (χ0n) is 13.3. The largest absolute Gasteiger partial charge is 0.376 e. The molecule has 2 heterocycles. The van der Waals surface area contributed by atoms with Gasteiger partial charge in [-0.25, -0.2) is 12.7 Å². The second-order valence-electron chi connectivity index (χ2n) is 6.17. The summed E-state index contributed by atoms with van der Waals surface area (Å²) < 4.78 is 31.3. The summed E-state index contributed by atoms with van der Waals surface area (Å²) in [6.45, 7) is 2.67. The third-order valence-corrected chi connectivity index (χ3v) is 6.27. The molecule has 1 amide bonds. The minimum atomic E-state index is -3.13. The molecule has 6 nitrogen and oxygen atoms in total. The second kappa shape index (κ2) is 8.84. The van der Waals surface area contributed by atoms with Crippen molar-refractivity contribution in [1.82, 2.24) is 9.62 Å². The van der Waals surface area contributed by atoms with Gasteiger partial charge in [-0.3, -0.25) is 4.79 Å². The van der Waals surface area contributed by atoms with Crippen molar-refractivity contribution < 1.29 is 17.9 Å². The number of unbranched alkanes of at least 4 members (excludes halogenated alkanes) is 1. The van der Waals surface area contributed by atoms with E-state index >= 15 is 0 Å². The van der Waals surface area contributed by atoms with E-state index < -0.39 is 10.0 Å². The second-order valence-corrected chi connectivity index (χ2v) is 8.26. The van der Waals surface area contributed by atoms with E-state index in [1.807, 2.05) is 0 Å². The van der Waals surface area contributed by atoms with Gasteiger partial charge >= 0.3 is 0 Å². The molecule has 2 aliphatic rings. The Hall–Kier alpha value is -0.660. The summed E-state index contributed by atoms with van der Waals surface area (Å²) in [7, 11) is -3.13. The highest BCUT2D eigenvalue weighted by Gasteiger charge is 2.23. The maximum absolute atomic E-state index is 12.1. The summed E-state index contributed by atoms with van der Waals surface area (Å²) in [6.07, 6.45) is 6.83. The number of nitrogens with zero attached hydrogens (tertiary/aromatic N) is 1. The van der Waals surface area contributed by atoms with E-state index in [0.29, 0.717) is 38.9 Å². The first-order valence-corrected chi connectivity index (χ1v) is 10.0. The van der Waals surface area contributed by atoms with Crippen molar-refractivity contribution in [2.75, 3.05) is 32.0 Å². The van der Waals surface area contributed by atoms with Gasteiger partial charge in [-0.1, -0.05) is 6.42 Å². The third kappa shape index (κ3) is 5.85. The summed E-state index contributed by atoms with van der Waals surface area (Å²) in [5.74, 6) is 0.150. The van der Waals surface area contributed by atoms with Crippen LogP contribution in [0.5, 0.6) is 0 Å². The molecule has 2 fully saturated rings. The number of amides is 1. The predicted molar refractivity (Wildman–Crippen MR) is 85.0 cm³/mol. The van der Waals surface area contributed by atoms with Gasteiger partial charge in [-0.2, -0.15) is 0 Å². The van der Waals surface area contributed by atoms with Crippen LogP contribution >= 0.6 is 0 Å². The van der Waals surface area contributed by atoms with E-state index in [2.05, 4.69) is 5.32 Å². The fourth-order valence-corrected chi connectivity index (χ4v) is 4.61. The minimum Gasteiger partial charge on any atom is -0.376 e. The van der Waals surface area contributed by atoms with Crippen LogP contribution in [-0.2, 0) is 19.6 Å². The number of rotatable bonds is 8. The lowest BCUT2D eigenvalue weighted by Crippen LogP contribution is -2.37. The molecular formula is C15H28N2O4S. The number of carbonyl (C=O) groups excluding carboxylic acids is 1. The van der Waals surface area contributed by atoms with Gasteiger partial charge in [0.05, 0.1) is 11.9 Å². The topological polar surface area (TPSA) is 75.7 Å². The molecule has 1 unspecified atom stereocenters. The van der Waals surface area contributed by atoms with Crippen LogP contribution in [0.4, 0.5) is 0 Å². The van der Waals surface area contributed by atoms with E-state index in [4.69, 9.17) is 4.74 Å². The Morgan fingerprint density at radius 3 is 2.59 bits per heavy atom. The van der Waals surface area contributed by atoms with E-state index in [-0.39, 0.29) is 17.8 Å². The lowest BCUT2D eigenvalue weighted by Gasteiger charge is -2.25. The molecule has 0 aromatic carbocycles. The molecular weight excluding hydrogens is 304 g/mol. The summed E-state index contributed by atoms with van der Waals surface area (Å²) in [6, 6.07) is 0. The first-order valence-electron chi connectivity index (χ1n) is 8.44. The van der Waals surface area contributed by atoms with Crippen molar-refractivity contribution in [3.05, 3.63) is 0 Å². The Kier molecular flexibility index (Phi) is 7.11. The van der Waals surface area contributed by atoms with Gasteiger partial charge < -0.3 is 10.1 Å². The Bertz CT molecular complexity index is 440. The Morgan fingerprint density at radius 2 is 1.91 bits per heavy atom. The van der Waals surface area contributed by atoms with Crippen LogP contribution in [0.3, 0.4) is 0 Å². The molecule has 7 heteroatoms. The van der Waals surface area contributed by atoms with Gasteiger partial charge in [0, 0.05) is 32.7 Å². The standard InChI is InChI=1S/C15H28N2O4S/c18-15(16-13-14-7-6-11-21-14)8-2-5-12-22(19,20)17-9-3-1-4-10-17/h14H,1-13H2,(H,16,18). The molecule has 2 aliphatic heterocycles. The van der Waals surface area contributed by atoms with Crippen molar-refractivity contribution in [3.8, 4) is 0 Å². The van der Waals surface area contributed by atoms with Gasteiger partial charge in [0.15, 0.2) is 0 Å². The molecule has 0 saturated carbocycles. The van der Waals surface area contributed by atoms with Gasteiger partial charge in [0.25, 0.3) is 0 Å². The highest BCUT2D eigenvalue weighted by atomic mass is 32.2. The lowest BCUT2D eigenvalue weighted by atomic mass is 10.2. The summed E-state index contributed by atoms with van der Waals surface area (Å²) in [4.78, 5) is 11.7. The van der Waals surface area contributed by atoms with Gasteiger partial charge in [-0.15, -0.1) is 0 Å². The fraction of sp³-hybridized carbons (Fsp3) is 0.933. The minimum absolute atomic E-state index is 0.00845. The van der Waals surface area contributed by atoms with E-state index in [1.165, 1.54) is 0 Å². The third-order valence-electron chi connectivity index (χ3n) is 4.32. The highest BCUT2D eigenvalue weighted by Crippen LogP contribution is 2.15. The zero-order chi connectivity index (χ0) is 15.8. The first kappa shape index (κ1) is 17.7. The van der Waals surface area contributed by atoms with E-state index in [0.717, 1.165) is 38.7 Å². The molecule has 2 rings (SSSR count). The smallest absolute Gasteiger partial charge is 0.220 e. The Morgan fingerprint density at radius 1 is 1.14 bits per heavy atom.